The molecular formula is C14H20ClFN2O. The number of hydrogen-bond acceptors (Lipinski definition) is 3. The lowest BCUT2D eigenvalue weighted by molar-refractivity contribution is 0.152. The minimum absolute atomic E-state index is 0.00653. The van der Waals surface area contributed by atoms with Gasteiger partial charge in [0.05, 0.1) is 5.02 Å². The Balaban J connectivity index is 2.22. The second-order valence-electron chi connectivity index (χ2n) is 4.81. The van der Waals surface area contributed by atoms with Crippen molar-refractivity contribution in [2.24, 2.45) is 0 Å². The maximum Gasteiger partial charge on any atom is 0.146 e. The van der Waals surface area contributed by atoms with Crippen molar-refractivity contribution in [1.82, 2.24) is 10.2 Å². The van der Waals surface area contributed by atoms with Gasteiger partial charge in [0.1, 0.15) is 5.82 Å². The molecule has 1 atom stereocenters. The van der Waals surface area contributed by atoms with Crippen molar-refractivity contribution in [3.63, 3.8) is 0 Å². The van der Waals surface area contributed by atoms with Crippen LogP contribution in [0.25, 0.3) is 0 Å². The number of halogens is 2. The smallest absolute Gasteiger partial charge is 0.146 e. The molecule has 1 aliphatic heterocycles. The summed E-state index contributed by atoms with van der Waals surface area (Å²) >= 11 is 5.88. The molecule has 19 heavy (non-hydrogen) atoms. The number of hydrogen-bond donors (Lipinski definition) is 2. The van der Waals surface area contributed by atoms with Crippen LogP contribution < -0.4 is 5.32 Å². The first-order valence-corrected chi connectivity index (χ1v) is 7.11. The summed E-state index contributed by atoms with van der Waals surface area (Å²) in [7, 11) is 0. The van der Waals surface area contributed by atoms with Crippen molar-refractivity contribution < 1.29 is 9.50 Å². The first-order chi connectivity index (χ1) is 9.24. The summed E-state index contributed by atoms with van der Waals surface area (Å²) in [6.45, 7) is 3.74. The minimum Gasteiger partial charge on any atom is -0.396 e. The number of nitrogens with zero attached hydrogens (tertiary/aromatic N) is 1. The van der Waals surface area contributed by atoms with E-state index in [0.717, 1.165) is 32.6 Å². The van der Waals surface area contributed by atoms with Crippen LogP contribution in [0.3, 0.4) is 0 Å². The Kier molecular flexibility index (Phi) is 5.58. The van der Waals surface area contributed by atoms with Crippen molar-refractivity contribution in [2.75, 3.05) is 32.8 Å². The third-order valence-corrected chi connectivity index (χ3v) is 3.86. The molecule has 0 aliphatic carbocycles. The molecule has 0 amide bonds. The van der Waals surface area contributed by atoms with Gasteiger partial charge in [0.25, 0.3) is 0 Å². The third-order valence-electron chi connectivity index (χ3n) is 3.57. The van der Waals surface area contributed by atoms with E-state index in [1.54, 1.807) is 18.2 Å². The molecule has 0 saturated carbocycles. The average molecular weight is 287 g/mol. The van der Waals surface area contributed by atoms with Crippen LogP contribution in [0.2, 0.25) is 5.02 Å². The lowest BCUT2D eigenvalue weighted by atomic mass is 9.99. The van der Waals surface area contributed by atoms with Gasteiger partial charge in [-0.25, -0.2) is 4.39 Å². The van der Waals surface area contributed by atoms with E-state index in [0.29, 0.717) is 12.0 Å². The number of nitrogens with one attached hydrogen (secondary N) is 1. The zero-order valence-electron chi connectivity index (χ0n) is 10.9. The van der Waals surface area contributed by atoms with Gasteiger partial charge in [-0.2, -0.15) is 0 Å². The fraction of sp³-hybridized carbons (Fsp3) is 0.571. The quantitative estimate of drug-likeness (QED) is 0.871. The van der Waals surface area contributed by atoms with E-state index in [1.165, 1.54) is 0 Å². The van der Waals surface area contributed by atoms with Crippen molar-refractivity contribution >= 4 is 11.6 Å². The van der Waals surface area contributed by atoms with Crippen LogP contribution in [0.1, 0.15) is 24.4 Å². The van der Waals surface area contributed by atoms with Gasteiger partial charge >= 0.3 is 0 Å². The van der Waals surface area contributed by atoms with E-state index in [2.05, 4.69) is 10.2 Å². The van der Waals surface area contributed by atoms with E-state index in [1.807, 2.05) is 0 Å². The molecule has 0 aromatic heterocycles. The lowest BCUT2D eigenvalue weighted by Crippen LogP contribution is -2.45. The van der Waals surface area contributed by atoms with Crippen LogP contribution in [-0.2, 0) is 0 Å². The summed E-state index contributed by atoms with van der Waals surface area (Å²) < 4.78 is 14.2. The van der Waals surface area contributed by atoms with E-state index >= 15 is 0 Å². The Morgan fingerprint density at radius 3 is 2.79 bits per heavy atom. The molecule has 0 spiro atoms. The fourth-order valence-corrected chi connectivity index (χ4v) is 2.77. The molecule has 1 fully saturated rings. The highest BCUT2D eigenvalue weighted by molar-refractivity contribution is 6.30. The first-order valence-electron chi connectivity index (χ1n) is 6.73. The number of aliphatic hydroxyl groups excluding tert-OH is 1. The molecule has 106 valence electrons. The van der Waals surface area contributed by atoms with Crippen molar-refractivity contribution in [2.45, 2.75) is 18.9 Å². The molecule has 2 rings (SSSR count). The number of benzene rings is 1. The molecule has 1 aromatic rings. The highest BCUT2D eigenvalue weighted by atomic mass is 35.5. The van der Waals surface area contributed by atoms with Gasteiger partial charge < -0.3 is 10.4 Å². The van der Waals surface area contributed by atoms with Crippen LogP contribution in [-0.4, -0.2) is 42.8 Å². The Hall–Kier alpha value is -0.680. The molecule has 1 aliphatic rings. The Morgan fingerprint density at radius 1 is 1.37 bits per heavy atom. The van der Waals surface area contributed by atoms with Gasteiger partial charge in [0.15, 0.2) is 0 Å². The molecule has 0 radical (unpaired) electrons. The molecule has 1 aromatic carbocycles. The van der Waals surface area contributed by atoms with Crippen LogP contribution >= 0.6 is 11.6 Å². The van der Waals surface area contributed by atoms with Gasteiger partial charge in [-0.05, 0) is 18.9 Å². The molecule has 0 bridgehead atoms. The Labute approximate surface area is 118 Å². The predicted octanol–water partition coefficient (Wildman–Crippen LogP) is 2.20. The largest absolute Gasteiger partial charge is 0.396 e. The van der Waals surface area contributed by atoms with Crippen LogP contribution in [0, 0.1) is 5.82 Å². The molecule has 1 heterocycles. The highest BCUT2D eigenvalue weighted by Gasteiger charge is 2.24. The molecule has 1 saturated heterocycles. The van der Waals surface area contributed by atoms with Crippen LogP contribution in [0.4, 0.5) is 4.39 Å². The number of aliphatic hydroxyl groups is 1. The fourth-order valence-electron chi connectivity index (χ4n) is 2.59. The standard InChI is InChI=1S/C14H20ClFN2O/c15-12-4-1-3-11(14(12)16)13(5-2-10-19)18-8-6-17-7-9-18/h1,3-4,13,17,19H,2,5-10H2/t13-/m0/s1. The molecular weight excluding hydrogens is 267 g/mol. The minimum atomic E-state index is -0.328. The van der Waals surface area contributed by atoms with Gasteiger partial charge in [0.2, 0.25) is 0 Å². The van der Waals surface area contributed by atoms with E-state index in [4.69, 9.17) is 16.7 Å². The summed E-state index contributed by atoms with van der Waals surface area (Å²) in [6, 6.07) is 5.15. The summed E-state index contributed by atoms with van der Waals surface area (Å²) in [5.41, 5.74) is 0.642. The van der Waals surface area contributed by atoms with Gasteiger partial charge in [-0.1, -0.05) is 23.7 Å². The topological polar surface area (TPSA) is 35.5 Å². The predicted molar refractivity (Wildman–Crippen MR) is 74.9 cm³/mol. The van der Waals surface area contributed by atoms with Gasteiger partial charge in [-0.3, -0.25) is 4.90 Å². The van der Waals surface area contributed by atoms with Crippen molar-refractivity contribution in [1.29, 1.82) is 0 Å². The summed E-state index contributed by atoms with van der Waals surface area (Å²) in [5.74, 6) is -0.328. The summed E-state index contributed by atoms with van der Waals surface area (Å²) in [5, 5.41) is 12.5. The lowest BCUT2D eigenvalue weighted by Gasteiger charge is -2.35. The first kappa shape index (κ1) is 14.7. The molecule has 0 unspecified atom stereocenters. The van der Waals surface area contributed by atoms with Crippen molar-refractivity contribution in [3.05, 3.63) is 34.6 Å². The monoisotopic (exact) mass is 286 g/mol. The maximum absolute atomic E-state index is 14.2. The average Bonchev–Trinajstić information content (AvgIpc) is 2.45. The van der Waals surface area contributed by atoms with Gasteiger partial charge in [-0.15, -0.1) is 0 Å². The number of piperazine rings is 1. The molecule has 2 N–H and O–H groups in total. The van der Waals surface area contributed by atoms with Crippen LogP contribution in [0.15, 0.2) is 18.2 Å². The Bertz CT molecular complexity index is 410. The van der Waals surface area contributed by atoms with E-state index < -0.39 is 0 Å². The van der Waals surface area contributed by atoms with E-state index in [9.17, 15) is 4.39 Å². The second kappa shape index (κ2) is 7.20. The summed E-state index contributed by atoms with van der Waals surface area (Å²) in [4.78, 5) is 2.26. The zero-order valence-corrected chi connectivity index (χ0v) is 11.7. The van der Waals surface area contributed by atoms with Crippen molar-refractivity contribution in [3.8, 4) is 0 Å². The van der Waals surface area contributed by atoms with Crippen LogP contribution in [0.5, 0.6) is 0 Å². The molecule has 3 nitrogen and oxygen atoms in total. The normalized spacial score (nSPS) is 18.5. The molecule has 5 heteroatoms. The highest BCUT2D eigenvalue weighted by Crippen LogP contribution is 2.30. The van der Waals surface area contributed by atoms with E-state index in [-0.39, 0.29) is 23.5 Å². The zero-order chi connectivity index (χ0) is 13.7. The van der Waals surface area contributed by atoms with Gasteiger partial charge in [0, 0.05) is 44.4 Å². The maximum atomic E-state index is 14.2. The SMILES string of the molecule is OCCC[C@@H](c1cccc(Cl)c1F)N1CCNCC1. The third kappa shape index (κ3) is 3.66. The Morgan fingerprint density at radius 2 is 2.11 bits per heavy atom. The second-order valence-corrected chi connectivity index (χ2v) is 5.22. The number of rotatable bonds is 5. The summed E-state index contributed by atoms with van der Waals surface area (Å²) in [6.07, 6.45) is 1.41.